The lowest BCUT2D eigenvalue weighted by Crippen LogP contribution is -2.04. The van der Waals surface area contributed by atoms with E-state index in [9.17, 15) is 13.2 Å². The Morgan fingerprint density at radius 1 is 1.04 bits per heavy atom. The summed E-state index contributed by atoms with van der Waals surface area (Å²) >= 11 is 0. The largest absolute Gasteiger partial charge is 0.416 e. The highest BCUT2D eigenvalue weighted by Gasteiger charge is 2.30. The average molecular weight is 326 g/mol. The number of alkyl halides is 3. The van der Waals surface area contributed by atoms with Gasteiger partial charge in [0.25, 0.3) is 0 Å². The van der Waals surface area contributed by atoms with Gasteiger partial charge in [-0.1, -0.05) is 12.1 Å². The first kappa shape index (κ1) is 14.6. The first-order valence-corrected chi connectivity index (χ1v) is 7.22. The summed E-state index contributed by atoms with van der Waals surface area (Å²) in [5.74, 6) is 0. The number of rotatable bonds is 2. The second-order valence-corrected chi connectivity index (χ2v) is 5.41. The molecule has 0 amide bonds. The molecule has 0 saturated heterocycles. The van der Waals surface area contributed by atoms with Crippen molar-refractivity contribution in [3.05, 3.63) is 72.6 Å². The SMILES string of the molecule is FC(F)(F)c1ccc(-c2c[c]cn2-c2ccc3cn[nH]c3c2)cc1. The zero-order valence-corrected chi connectivity index (χ0v) is 12.3. The third-order valence-electron chi connectivity index (χ3n) is 3.89. The molecule has 1 radical (unpaired) electrons. The fraction of sp³-hybridized carbons (Fsp3) is 0.0556. The van der Waals surface area contributed by atoms with Crippen LogP contribution < -0.4 is 0 Å². The molecule has 2 aromatic heterocycles. The van der Waals surface area contributed by atoms with Gasteiger partial charge in [-0.3, -0.25) is 5.10 Å². The zero-order valence-electron chi connectivity index (χ0n) is 12.3. The summed E-state index contributed by atoms with van der Waals surface area (Å²) in [5, 5.41) is 7.89. The molecule has 2 aromatic carbocycles. The molecule has 0 aliphatic heterocycles. The molecule has 3 nitrogen and oxygen atoms in total. The molecule has 2 heterocycles. The van der Waals surface area contributed by atoms with Crippen molar-refractivity contribution in [2.24, 2.45) is 0 Å². The minimum absolute atomic E-state index is 0.660. The molecule has 0 atom stereocenters. The van der Waals surface area contributed by atoms with E-state index in [4.69, 9.17) is 0 Å². The number of hydrogen-bond acceptors (Lipinski definition) is 1. The van der Waals surface area contributed by atoms with Gasteiger partial charge in [0, 0.05) is 23.3 Å². The number of aromatic nitrogens is 3. The standard InChI is InChI=1S/C18H11F3N3/c19-18(20,21)14-6-3-12(4-7-14)17-2-1-9-24(17)15-8-5-13-11-22-23-16(13)10-15/h2-11H,(H,22,23). The van der Waals surface area contributed by atoms with E-state index in [1.807, 2.05) is 22.8 Å². The monoisotopic (exact) mass is 326 g/mol. The van der Waals surface area contributed by atoms with Gasteiger partial charge in [0.2, 0.25) is 0 Å². The van der Waals surface area contributed by atoms with E-state index < -0.39 is 11.7 Å². The Balaban J connectivity index is 1.77. The van der Waals surface area contributed by atoms with Crippen molar-refractivity contribution in [1.29, 1.82) is 0 Å². The van der Waals surface area contributed by atoms with Crippen molar-refractivity contribution in [2.75, 3.05) is 0 Å². The van der Waals surface area contributed by atoms with Crippen molar-refractivity contribution in [1.82, 2.24) is 14.8 Å². The maximum atomic E-state index is 12.7. The van der Waals surface area contributed by atoms with Crippen LogP contribution in [0.5, 0.6) is 0 Å². The third-order valence-corrected chi connectivity index (χ3v) is 3.89. The molecule has 24 heavy (non-hydrogen) atoms. The molecule has 0 aliphatic rings. The second-order valence-electron chi connectivity index (χ2n) is 5.41. The lowest BCUT2D eigenvalue weighted by atomic mass is 10.1. The van der Waals surface area contributed by atoms with Crippen molar-refractivity contribution < 1.29 is 13.2 Å². The summed E-state index contributed by atoms with van der Waals surface area (Å²) in [6.07, 6.45) is -0.847. The van der Waals surface area contributed by atoms with Crippen LogP contribution in [0.2, 0.25) is 0 Å². The summed E-state index contributed by atoms with van der Waals surface area (Å²) in [7, 11) is 0. The van der Waals surface area contributed by atoms with Crippen LogP contribution in [0.1, 0.15) is 5.56 Å². The number of nitrogens with one attached hydrogen (secondary N) is 1. The van der Waals surface area contributed by atoms with E-state index in [0.29, 0.717) is 5.56 Å². The van der Waals surface area contributed by atoms with Gasteiger partial charge in [-0.2, -0.15) is 18.3 Å². The Hall–Kier alpha value is -3.02. The lowest BCUT2D eigenvalue weighted by molar-refractivity contribution is -0.137. The van der Waals surface area contributed by atoms with Gasteiger partial charge in [0.15, 0.2) is 0 Å². The summed E-state index contributed by atoms with van der Waals surface area (Å²) < 4.78 is 40.0. The van der Waals surface area contributed by atoms with Crippen LogP contribution in [0.25, 0.3) is 27.8 Å². The molecule has 0 spiro atoms. The van der Waals surface area contributed by atoms with E-state index in [-0.39, 0.29) is 0 Å². The Morgan fingerprint density at radius 3 is 2.58 bits per heavy atom. The normalized spacial score (nSPS) is 12.0. The fourth-order valence-electron chi connectivity index (χ4n) is 2.67. The van der Waals surface area contributed by atoms with E-state index in [0.717, 1.165) is 34.4 Å². The maximum absolute atomic E-state index is 12.7. The molecule has 0 bridgehead atoms. The van der Waals surface area contributed by atoms with Crippen molar-refractivity contribution in [3.63, 3.8) is 0 Å². The summed E-state index contributed by atoms with van der Waals surface area (Å²) in [4.78, 5) is 0. The van der Waals surface area contributed by atoms with Crippen LogP contribution in [0.15, 0.2) is 60.9 Å². The van der Waals surface area contributed by atoms with Crippen LogP contribution in [-0.2, 0) is 6.18 Å². The van der Waals surface area contributed by atoms with Crippen molar-refractivity contribution in [2.45, 2.75) is 6.18 Å². The quantitative estimate of drug-likeness (QED) is 0.562. The molecule has 0 unspecified atom stereocenters. The average Bonchev–Trinajstić information content (AvgIpc) is 3.22. The summed E-state index contributed by atoms with van der Waals surface area (Å²) in [5.41, 5.74) is 2.56. The first-order chi connectivity index (χ1) is 11.5. The Bertz CT molecular complexity index is 994. The summed E-state index contributed by atoms with van der Waals surface area (Å²) in [6, 6.07) is 15.7. The van der Waals surface area contributed by atoms with Gasteiger partial charge in [0.05, 0.1) is 23.0 Å². The lowest BCUT2D eigenvalue weighted by Gasteiger charge is -2.11. The molecule has 119 valence electrons. The van der Waals surface area contributed by atoms with Crippen LogP contribution in [0.4, 0.5) is 13.2 Å². The minimum atomic E-state index is -4.34. The Kier molecular flexibility index (Phi) is 3.19. The number of nitrogens with zero attached hydrogens (tertiary/aromatic N) is 2. The topological polar surface area (TPSA) is 33.6 Å². The number of fused-ring (bicyclic) bond motifs is 1. The highest BCUT2D eigenvalue weighted by Crippen LogP contribution is 2.31. The molecule has 0 aliphatic carbocycles. The second kappa shape index (κ2) is 5.26. The van der Waals surface area contributed by atoms with Crippen molar-refractivity contribution >= 4 is 10.9 Å². The first-order valence-electron chi connectivity index (χ1n) is 7.22. The predicted octanol–water partition coefficient (Wildman–Crippen LogP) is 4.84. The molecule has 4 aromatic rings. The number of H-pyrrole nitrogens is 1. The predicted molar refractivity (Wildman–Crippen MR) is 84.7 cm³/mol. The molecule has 6 heteroatoms. The molecular weight excluding hydrogens is 315 g/mol. The van der Waals surface area contributed by atoms with Gasteiger partial charge < -0.3 is 4.57 Å². The Labute approximate surface area is 135 Å². The third kappa shape index (κ3) is 2.46. The van der Waals surface area contributed by atoms with E-state index in [1.54, 1.807) is 18.5 Å². The molecule has 4 rings (SSSR count). The molecular formula is C18H11F3N3. The number of hydrogen-bond donors (Lipinski definition) is 1. The van der Waals surface area contributed by atoms with Gasteiger partial charge in [-0.05, 0) is 42.0 Å². The smallest absolute Gasteiger partial charge is 0.316 e. The van der Waals surface area contributed by atoms with Crippen LogP contribution in [0, 0.1) is 6.07 Å². The van der Waals surface area contributed by atoms with Crippen LogP contribution >= 0.6 is 0 Å². The fourth-order valence-corrected chi connectivity index (χ4v) is 2.67. The maximum Gasteiger partial charge on any atom is 0.416 e. The van der Waals surface area contributed by atoms with Crippen molar-refractivity contribution in [3.8, 4) is 16.9 Å². The zero-order chi connectivity index (χ0) is 16.7. The van der Waals surface area contributed by atoms with Crippen LogP contribution in [-0.4, -0.2) is 14.8 Å². The number of benzene rings is 2. The molecule has 1 N–H and O–H groups in total. The molecule has 0 fully saturated rings. The van der Waals surface area contributed by atoms with Gasteiger partial charge in [-0.25, -0.2) is 0 Å². The minimum Gasteiger partial charge on any atom is -0.316 e. The van der Waals surface area contributed by atoms with E-state index in [2.05, 4.69) is 16.3 Å². The van der Waals surface area contributed by atoms with Gasteiger partial charge >= 0.3 is 6.18 Å². The number of aromatic amines is 1. The summed E-state index contributed by atoms with van der Waals surface area (Å²) in [6.45, 7) is 0. The van der Waals surface area contributed by atoms with Gasteiger partial charge in [0.1, 0.15) is 0 Å². The highest BCUT2D eigenvalue weighted by molar-refractivity contribution is 5.80. The van der Waals surface area contributed by atoms with E-state index in [1.165, 1.54) is 12.1 Å². The van der Waals surface area contributed by atoms with Gasteiger partial charge in [-0.15, -0.1) is 0 Å². The van der Waals surface area contributed by atoms with Crippen LogP contribution in [0.3, 0.4) is 0 Å². The highest BCUT2D eigenvalue weighted by atomic mass is 19.4. The van der Waals surface area contributed by atoms with E-state index >= 15 is 0 Å². The number of halogens is 3. The molecule has 0 saturated carbocycles. The Morgan fingerprint density at radius 2 is 1.83 bits per heavy atom.